The molecule has 0 fully saturated rings. The van der Waals surface area contributed by atoms with E-state index in [0.29, 0.717) is 10.4 Å². The van der Waals surface area contributed by atoms with Gasteiger partial charge in [0, 0.05) is 29.3 Å². The monoisotopic (exact) mass is 417 g/mol. The van der Waals surface area contributed by atoms with Crippen molar-refractivity contribution >= 4 is 22.5 Å². The molecule has 0 atom stereocenters. The van der Waals surface area contributed by atoms with Gasteiger partial charge < -0.3 is 9.88 Å². The number of hydrogen-bond donors (Lipinski definition) is 1. The van der Waals surface area contributed by atoms with Crippen LogP contribution in [0.1, 0.15) is 23.1 Å². The van der Waals surface area contributed by atoms with Crippen molar-refractivity contribution in [2.45, 2.75) is 19.6 Å². The minimum Gasteiger partial charge on any atom is -0.348 e. The topological polar surface area (TPSA) is 64.7 Å². The van der Waals surface area contributed by atoms with Crippen LogP contribution in [0.3, 0.4) is 0 Å². The average molecular weight is 417 g/mol. The molecule has 2 aromatic heterocycles. The number of anilines is 1. The van der Waals surface area contributed by atoms with Gasteiger partial charge in [-0.15, -0.1) is 5.10 Å². The van der Waals surface area contributed by atoms with E-state index in [2.05, 4.69) is 15.6 Å². The van der Waals surface area contributed by atoms with E-state index in [9.17, 15) is 22.4 Å². The highest BCUT2D eigenvalue weighted by atomic mass is 19.4. The van der Waals surface area contributed by atoms with Gasteiger partial charge in [0.1, 0.15) is 5.82 Å². The Kier molecular flexibility index (Phi) is 4.76. The average Bonchev–Trinajstić information content (AvgIpc) is 3.32. The standard InChI is InChI=1S/C20H15F4N5O/c1-2-28-10-9-12-11-14(5-8-16(12)28)25-19(30)17-18(20(22,23)24)29(27-26-17)15-6-3-13(21)4-7-15/h3-11H,2H2,1H3,(H,25,30). The maximum atomic E-state index is 13.7. The van der Waals surface area contributed by atoms with Crippen molar-refractivity contribution in [3.05, 3.63) is 71.9 Å². The van der Waals surface area contributed by atoms with Gasteiger partial charge in [-0.05, 0) is 55.5 Å². The van der Waals surface area contributed by atoms with Gasteiger partial charge in [-0.3, -0.25) is 4.79 Å². The van der Waals surface area contributed by atoms with E-state index in [0.717, 1.165) is 41.7 Å². The molecule has 10 heteroatoms. The van der Waals surface area contributed by atoms with Crippen molar-refractivity contribution in [3.63, 3.8) is 0 Å². The number of nitrogens with zero attached hydrogens (tertiary/aromatic N) is 4. The van der Waals surface area contributed by atoms with Crippen molar-refractivity contribution in [2.75, 3.05) is 5.32 Å². The zero-order valence-electron chi connectivity index (χ0n) is 15.6. The molecule has 0 aliphatic carbocycles. The predicted molar refractivity (Wildman–Crippen MR) is 102 cm³/mol. The van der Waals surface area contributed by atoms with Crippen LogP contribution in [0.5, 0.6) is 0 Å². The molecule has 0 saturated carbocycles. The lowest BCUT2D eigenvalue weighted by Gasteiger charge is -2.11. The number of carbonyl (C=O) groups is 1. The minimum absolute atomic E-state index is 0.0717. The summed E-state index contributed by atoms with van der Waals surface area (Å²) >= 11 is 0. The molecule has 4 rings (SSSR count). The number of benzene rings is 2. The number of amides is 1. The fraction of sp³-hybridized carbons (Fsp3) is 0.150. The molecule has 1 N–H and O–H groups in total. The van der Waals surface area contributed by atoms with Gasteiger partial charge in [0.15, 0.2) is 11.4 Å². The summed E-state index contributed by atoms with van der Waals surface area (Å²) in [7, 11) is 0. The zero-order valence-corrected chi connectivity index (χ0v) is 15.6. The van der Waals surface area contributed by atoms with Gasteiger partial charge in [-0.1, -0.05) is 5.21 Å². The van der Waals surface area contributed by atoms with E-state index >= 15 is 0 Å². The quantitative estimate of drug-likeness (QED) is 0.492. The number of rotatable bonds is 4. The largest absolute Gasteiger partial charge is 0.435 e. The summed E-state index contributed by atoms with van der Waals surface area (Å²) in [6, 6.07) is 11.1. The van der Waals surface area contributed by atoms with E-state index in [1.807, 2.05) is 23.8 Å². The van der Waals surface area contributed by atoms with E-state index in [1.54, 1.807) is 18.2 Å². The molecule has 30 heavy (non-hydrogen) atoms. The summed E-state index contributed by atoms with van der Waals surface area (Å²) in [5.41, 5.74) is -1.03. The molecule has 0 radical (unpaired) electrons. The first-order chi connectivity index (χ1) is 14.3. The molecule has 0 aliphatic rings. The lowest BCUT2D eigenvalue weighted by Crippen LogP contribution is -2.21. The first kappa shape index (κ1) is 19.6. The van der Waals surface area contributed by atoms with E-state index in [-0.39, 0.29) is 5.69 Å². The van der Waals surface area contributed by atoms with Crippen molar-refractivity contribution < 1.29 is 22.4 Å². The van der Waals surface area contributed by atoms with Gasteiger partial charge in [-0.25, -0.2) is 9.07 Å². The second-order valence-corrected chi connectivity index (χ2v) is 6.50. The summed E-state index contributed by atoms with van der Waals surface area (Å²) < 4.78 is 56.7. The number of nitrogens with one attached hydrogen (secondary N) is 1. The molecule has 0 bridgehead atoms. The van der Waals surface area contributed by atoms with Crippen LogP contribution in [0, 0.1) is 5.82 Å². The van der Waals surface area contributed by atoms with Crippen molar-refractivity contribution in [1.29, 1.82) is 0 Å². The third-order valence-corrected chi connectivity index (χ3v) is 4.59. The summed E-state index contributed by atoms with van der Waals surface area (Å²) in [4.78, 5) is 12.6. The maximum Gasteiger partial charge on any atom is 0.435 e. The smallest absolute Gasteiger partial charge is 0.348 e. The summed E-state index contributed by atoms with van der Waals surface area (Å²) in [6.45, 7) is 2.74. The Morgan fingerprint density at radius 2 is 1.83 bits per heavy atom. The van der Waals surface area contributed by atoms with E-state index in [4.69, 9.17) is 0 Å². The molecule has 0 spiro atoms. The summed E-state index contributed by atoms with van der Waals surface area (Å²) in [5, 5.41) is 10.2. The van der Waals surface area contributed by atoms with Crippen LogP contribution in [0.25, 0.3) is 16.6 Å². The third-order valence-electron chi connectivity index (χ3n) is 4.59. The Morgan fingerprint density at radius 1 is 1.10 bits per heavy atom. The molecule has 154 valence electrons. The zero-order chi connectivity index (χ0) is 21.5. The second-order valence-electron chi connectivity index (χ2n) is 6.50. The molecule has 2 heterocycles. The van der Waals surface area contributed by atoms with Gasteiger partial charge in [0.2, 0.25) is 0 Å². The normalized spacial score (nSPS) is 11.8. The molecule has 0 unspecified atom stereocenters. The molecule has 0 saturated heterocycles. The second kappa shape index (κ2) is 7.29. The molecule has 0 aliphatic heterocycles. The molecule has 2 aromatic carbocycles. The molecular formula is C20H15F4N5O. The van der Waals surface area contributed by atoms with E-state index in [1.165, 1.54) is 0 Å². The van der Waals surface area contributed by atoms with Crippen molar-refractivity contribution in [1.82, 2.24) is 19.6 Å². The Balaban J connectivity index is 1.69. The number of alkyl halides is 3. The van der Waals surface area contributed by atoms with Crippen LogP contribution in [-0.4, -0.2) is 25.5 Å². The van der Waals surface area contributed by atoms with Crippen LogP contribution in [0.2, 0.25) is 0 Å². The predicted octanol–water partition coefficient (Wildman–Crippen LogP) is 4.65. The number of carbonyl (C=O) groups excluding carboxylic acids is 1. The van der Waals surface area contributed by atoms with Crippen molar-refractivity contribution in [3.8, 4) is 5.69 Å². The van der Waals surface area contributed by atoms with Crippen LogP contribution in [-0.2, 0) is 12.7 Å². The first-order valence-electron chi connectivity index (χ1n) is 8.97. The van der Waals surface area contributed by atoms with Gasteiger partial charge in [-0.2, -0.15) is 13.2 Å². The fourth-order valence-electron chi connectivity index (χ4n) is 3.20. The van der Waals surface area contributed by atoms with Gasteiger partial charge in [0.05, 0.1) is 5.69 Å². The Bertz CT molecular complexity index is 1220. The SMILES string of the molecule is CCn1ccc2cc(NC(=O)c3nnn(-c4ccc(F)cc4)c3C(F)(F)F)ccc21. The highest BCUT2D eigenvalue weighted by Crippen LogP contribution is 2.33. The molecular weight excluding hydrogens is 402 g/mol. The molecule has 4 aromatic rings. The van der Waals surface area contributed by atoms with Crippen LogP contribution >= 0.6 is 0 Å². The van der Waals surface area contributed by atoms with Gasteiger partial charge >= 0.3 is 6.18 Å². The highest BCUT2D eigenvalue weighted by molar-refractivity contribution is 6.04. The Labute approximate surface area is 167 Å². The van der Waals surface area contributed by atoms with Crippen molar-refractivity contribution in [2.24, 2.45) is 0 Å². The third kappa shape index (κ3) is 3.51. The molecule has 6 nitrogen and oxygen atoms in total. The Hall–Kier alpha value is -3.69. The highest BCUT2D eigenvalue weighted by Gasteiger charge is 2.42. The number of halogens is 4. The Morgan fingerprint density at radius 3 is 2.50 bits per heavy atom. The van der Waals surface area contributed by atoms with E-state index < -0.39 is 29.3 Å². The van der Waals surface area contributed by atoms with Crippen LogP contribution in [0.15, 0.2) is 54.7 Å². The van der Waals surface area contributed by atoms with Crippen LogP contribution < -0.4 is 5.32 Å². The fourth-order valence-corrected chi connectivity index (χ4v) is 3.20. The number of aryl methyl sites for hydroxylation is 1. The summed E-state index contributed by atoms with van der Waals surface area (Å²) in [5.74, 6) is -1.66. The number of hydrogen-bond acceptors (Lipinski definition) is 3. The summed E-state index contributed by atoms with van der Waals surface area (Å²) in [6.07, 6.45) is -3.03. The van der Waals surface area contributed by atoms with Crippen LogP contribution in [0.4, 0.5) is 23.2 Å². The maximum absolute atomic E-state index is 13.7. The minimum atomic E-state index is -4.91. The lowest BCUT2D eigenvalue weighted by molar-refractivity contribution is -0.143. The lowest BCUT2D eigenvalue weighted by atomic mass is 10.2. The number of aromatic nitrogens is 4. The van der Waals surface area contributed by atoms with Gasteiger partial charge in [0.25, 0.3) is 5.91 Å². The number of fused-ring (bicyclic) bond motifs is 1. The molecule has 1 amide bonds. The first-order valence-corrected chi connectivity index (χ1v) is 8.97.